The third-order valence-corrected chi connectivity index (χ3v) is 5.01. The number of sulfone groups is 1. The number of anilines is 1. The second-order valence-electron chi connectivity index (χ2n) is 4.50. The number of rotatable bonds is 2. The van der Waals surface area contributed by atoms with Crippen LogP contribution >= 0.6 is 12.2 Å². The molecule has 1 heterocycles. The van der Waals surface area contributed by atoms with Crippen molar-refractivity contribution in [1.29, 1.82) is 0 Å². The van der Waals surface area contributed by atoms with E-state index in [4.69, 9.17) is 18.0 Å². The van der Waals surface area contributed by atoms with E-state index in [1.165, 1.54) is 0 Å². The van der Waals surface area contributed by atoms with E-state index in [0.717, 1.165) is 16.8 Å². The van der Waals surface area contributed by atoms with Gasteiger partial charge in [0.1, 0.15) is 4.99 Å². The molecule has 1 aliphatic rings. The Morgan fingerprint density at radius 3 is 2.44 bits per heavy atom. The summed E-state index contributed by atoms with van der Waals surface area (Å²) in [5.41, 5.74) is 8.54. The Morgan fingerprint density at radius 1 is 1.33 bits per heavy atom. The fourth-order valence-corrected chi connectivity index (χ4v) is 3.52. The van der Waals surface area contributed by atoms with Gasteiger partial charge in [0.15, 0.2) is 9.84 Å². The van der Waals surface area contributed by atoms with E-state index in [2.05, 4.69) is 4.90 Å². The lowest BCUT2D eigenvalue weighted by Gasteiger charge is -2.29. The van der Waals surface area contributed by atoms with E-state index >= 15 is 0 Å². The number of benzene rings is 1. The Morgan fingerprint density at radius 2 is 1.94 bits per heavy atom. The topological polar surface area (TPSA) is 63.4 Å². The highest BCUT2D eigenvalue weighted by molar-refractivity contribution is 7.91. The van der Waals surface area contributed by atoms with Gasteiger partial charge >= 0.3 is 0 Å². The van der Waals surface area contributed by atoms with Crippen molar-refractivity contribution in [3.63, 3.8) is 0 Å². The van der Waals surface area contributed by atoms with Crippen LogP contribution in [0.1, 0.15) is 11.1 Å². The molecule has 1 aromatic carbocycles. The average Bonchev–Trinajstić information content (AvgIpc) is 2.28. The molecule has 0 bridgehead atoms. The van der Waals surface area contributed by atoms with Crippen LogP contribution in [0, 0.1) is 6.92 Å². The van der Waals surface area contributed by atoms with Crippen molar-refractivity contribution in [2.24, 2.45) is 5.73 Å². The molecular weight excluding hydrogens is 268 g/mol. The maximum Gasteiger partial charge on any atom is 0.153 e. The first kappa shape index (κ1) is 13.3. The van der Waals surface area contributed by atoms with Crippen LogP contribution in [0.3, 0.4) is 0 Å². The van der Waals surface area contributed by atoms with Crippen LogP contribution < -0.4 is 10.6 Å². The monoisotopic (exact) mass is 284 g/mol. The van der Waals surface area contributed by atoms with Crippen molar-refractivity contribution < 1.29 is 8.42 Å². The first-order chi connectivity index (χ1) is 8.39. The summed E-state index contributed by atoms with van der Waals surface area (Å²) in [6, 6.07) is 5.85. The van der Waals surface area contributed by atoms with Crippen LogP contribution in [0.2, 0.25) is 0 Å². The predicted molar refractivity (Wildman–Crippen MR) is 77.9 cm³/mol. The lowest BCUT2D eigenvalue weighted by atomic mass is 10.1. The van der Waals surface area contributed by atoms with Crippen molar-refractivity contribution in [1.82, 2.24) is 0 Å². The SMILES string of the molecule is Cc1cc(N2CCS(=O)(=O)CC2)ccc1C(N)=S. The van der Waals surface area contributed by atoms with Gasteiger partial charge in [-0.05, 0) is 30.7 Å². The number of hydrogen-bond acceptors (Lipinski definition) is 4. The smallest absolute Gasteiger partial charge is 0.153 e. The highest BCUT2D eigenvalue weighted by Gasteiger charge is 2.21. The van der Waals surface area contributed by atoms with Crippen LogP contribution in [0.4, 0.5) is 5.69 Å². The van der Waals surface area contributed by atoms with Crippen molar-refractivity contribution in [3.05, 3.63) is 29.3 Å². The molecule has 0 aliphatic carbocycles. The minimum absolute atomic E-state index is 0.225. The summed E-state index contributed by atoms with van der Waals surface area (Å²) in [4.78, 5) is 2.47. The Hall–Kier alpha value is -1.14. The maximum atomic E-state index is 11.4. The zero-order valence-corrected chi connectivity index (χ0v) is 11.9. The van der Waals surface area contributed by atoms with E-state index in [9.17, 15) is 8.42 Å². The molecule has 2 N–H and O–H groups in total. The first-order valence-corrected chi connectivity index (χ1v) is 7.98. The molecule has 0 radical (unpaired) electrons. The largest absolute Gasteiger partial charge is 0.389 e. The highest BCUT2D eigenvalue weighted by Crippen LogP contribution is 2.21. The summed E-state index contributed by atoms with van der Waals surface area (Å²) in [5, 5.41) is 0. The van der Waals surface area contributed by atoms with Crippen molar-refractivity contribution in [2.45, 2.75) is 6.92 Å². The fraction of sp³-hybridized carbons (Fsp3) is 0.417. The van der Waals surface area contributed by atoms with Crippen LogP contribution in [0.15, 0.2) is 18.2 Å². The molecule has 6 heteroatoms. The standard InChI is InChI=1S/C12H16N2O2S2/c1-9-8-10(2-3-11(9)12(13)17)14-4-6-18(15,16)7-5-14/h2-3,8H,4-7H2,1H3,(H2,13,17). The van der Waals surface area contributed by atoms with Crippen LogP contribution in [-0.4, -0.2) is 38.0 Å². The lowest BCUT2D eigenvalue weighted by Crippen LogP contribution is -2.40. The molecule has 1 aromatic rings. The van der Waals surface area contributed by atoms with Crippen molar-refractivity contribution >= 4 is 32.7 Å². The number of nitrogens with zero attached hydrogens (tertiary/aromatic N) is 1. The maximum absolute atomic E-state index is 11.4. The van der Waals surface area contributed by atoms with Crippen molar-refractivity contribution in [3.8, 4) is 0 Å². The molecule has 4 nitrogen and oxygen atoms in total. The van der Waals surface area contributed by atoms with Gasteiger partial charge in [-0.2, -0.15) is 0 Å². The summed E-state index contributed by atoms with van der Waals surface area (Å²) in [6.45, 7) is 3.06. The minimum atomic E-state index is -2.84. The van der Waals surface area contributed by atoms with Gasteiger partial charge in [-0.1, -0.05) is 12.2 Å². The number of nitrogens with two attached hydrogens (primary N) is 1. The second kappa shape index (κ2) is 4.85. The molecule has 0 unspecified atom stereocenters. The van der Waals surface area contributed by atoms with Gasteiger partial charge in [0.05, 0.1) is 11.5 Å². The second-order valence-corrected chi connectivity index (χ2v) is 7.25. The third kappa shape index (κ3) is 2.81. The average molecular weight is 284 g/mol. The Balaban J connectivity index is 2.21. The molecular formula is C12H16N2O2S2. The quantitative estimate of drug-likeness (QED) is 0.816. The van der Waals surface area contributed by atoms with Gasteiger partial charge in [-0.3, -0.25) is 0 Å². The van der Waals surface area contributed by atoms with Crippen LogP contribution in [-0.2, 0) is 9.84 Å². The summed E-state index contributed by atoms with van der Waals surface area (Å²) in [5.74, 6) is 0.451. The molecule has 1 fully saturated rings. The minimum Gasteiger partial charge on any atom is -0.389 e. The molecule has 0 atom stereocenters. The zero-order valence-electron chi connectivity index (χ0n) is 10.2. The summed E-state index contributed by atoms with van der Waals surface area (Å²) in [6.07, 6.45) is 0. The highest BCUT2D eigenvalue weighted by atomic mass is 32.2. The van der Waals surface area contributed by atoms with E-state index < -0.39 is 9.84 Å². The van der Waals surface area contributed by atoms with Gasteiger partial charge in [-0.15, -0.1) is 0 Å². The molecule has 0 spiro atoms. The molecule has 98 valence electrons. The van der Waals surface area contributed by atoms with E-state index in [1.807, 2.05) is 25.1 Å². The molecule has 0 aromatic heterocycles. The molecule has 0 saturated carbocycles. The van der Waals surface area contributed by atoms with Gasteiger partial charge in [-0.25, -0.2) is 8.42 Å². The van der Waals surface area contributed by atoms with E-state index in [-0.39, 0.29) is 11.5 Å². The molecule has 18 heavy (non-hydrogen) atoms. The zero-order chi connectivity index (χ0) is 13.3. The molecule has 1 saturated heterocycles. The van der Waals surface area contributed by atoms with Gasteiger partial charge in [0, 0.05) is 24.3 Å². The Kier molecular flexibility index (Phi) is 3.59. The van der Waals surface area contributed by atoms with Crippen LogP contribution in [0.25, 0.3) is 0 Å². The molecule has 0 amide bonds. The molecule has 2 rings (SSSR count). The van der Waals surface area contributed by atoms with Gasteiger partial charge < -0.3 is 10.6 Å². The lowest BCUT2D eigenvalue weighted by molar-refractivity contribution is 0.587. The number of thiocarbonyl (C=S) groups is 1. The summed E-state index contributed by atoms with van der Waals surface area (Å²) in [7, 11) is -2.84. The Bertz CT molecular complexity index is 568. The van der Waals surface area contributed by atoms with E-state index in [0.29, 0.717) is 18.1 Å². The predicted octanol–water partition coefficient (Wildman–Crippen LogP) is 0.864. The van der Waals surface area contributed by atoms with Gasteiger partial charge in [0.2, 0.25) is 0 Å². The van der Waals surface area contributed by atoms with Crippen molar-refractivity contribution in [2.75, 3.05) is 29.5 Å². The summed E-state index contributed by atoms with van der Waals surface area (Å²) >= 11 is 4.96. The van der Waals surface area contributed by atoms with Gasteiger partial charge in [0.25, 0.3) is 0 Å². The van der Waals surface area contributed by atoms with Crippen LogP contribution in [0.5, 0.6) is 0 Å². The third-order valence-electron chi connectivity index (χ3n) is 3.19. The first-order valence-electron chi connectivity index (χ1n) is 5.75. The van der Waals surface area contributed by atoms with E-state index in [1.54, 1.807) is 0 Å². The number of aryl methyl sites for hydroxylation is 1. The normalized spacial score (nSPS) is 18.6. The number of hydrogen-bond donors (Lipinski definition) is 1. The Labute approximate surface area is 113 Å². The summed E-state index contributed by atoms with van der Waals surface area (Å²) < 4.78 is 22.8. The molecule has 1 aliphatic heterocycles. The fourth-order valence-electron chi connectivity index (χ4n) is 2.09.